The number of hydrogen-bond acceptors (Lipinski definition) is 5. The van der Waals surface area contributed by atoms with Crippen LogP contribution in [0.2, 0.25) is 0 Å². The number of benzene rings is 1. The van der Waals surface area contributed by atoms with Crippen molar-refractivity contribution in [1.29, 1.82) is 0 Å². The summed E-state index contributed by atoms with van der Waals surface area (Å²) in [6, 6.07) is 3.76. The fourth-order valence-electron chi connectivity index (χ4n) is 2.33. The molecule has 0 saturated carbocycles. The zero-order valence-electron chi connectivity index (χ0n) is 10.9. The fraction of sp³-hybridized carbons (Fsp3) is 0.333. The second kappa shape index (κ2) is 5.34. The van der Waals surface area contributed by atoms with E-state index >= 15 is 0 Å². The molecular formula is C12H14N2O6S. The Bertz CT molecular complexity index is 700. The Kier molecular flexibility index (Phi) is 3.88. The van der Waals surface area contributed by atoms with Gasteiger partial charge in [0.15, 0.2) is 0 Å². The van der Waals surface area contributed by atoms with Gasteiger partial charge in [-0.1, -0.05) is 0 Å². The molecule has 1 atom stereocenters. The maximum Gasteiger partial charge on any atom is 0.339 e. The van der Waals surface area contributed by atoms with Crippen molar-refractivity contribution in [3.63, 3.8) is 0 Å². The van der Waals surface area contributed by atoms with E-state index in [0.717, 1.165) is 0 Å². The molecule has 21 heavy (non-hydrogen) atoms. The van der Waals surface area contributed by atoms with Gasteiger partial charge in [0.25, 0.3) is 0 Å². The second-order valence-electron chi connectivity index (χ2n) is 4.91. The highest BCUT2D eigenvalue weighted by Gasteiger charge is 2.33. The lowest BCUT2D eigenvalue weighted by Crippen LogP contribution is -2.27. The number of carbonyl (C=O) groups is 2. The number of aromatic hydroxyl groups is 1. The Morgan fingerprint density at radius 3 is 2.67 bits per heavy atom. The zero-order valence-corrected chi connectivity index (χ0v) is 11.7. The van der Waals surface area contributed by atoms with Crippen molar-refractivity contribution in [2.75, 3.05) is 17.2 Å². The van der Waals surface area contributed by atoms with Crippen molar-refractivity contribution < 1.29 is 28.2 Å². The van der Waals surface area contributed by atoms with Gasteiger partial charge in [-0.2, -0.15) is 0 Å². The maximum atomic E-state index is 11.9. The predicted octanol–water partition coefficient (Wildman–Crippen LogP) is -0.268. The second-order valence-corrected chi connectivity index (χ2v) is 6.57. The molecule has 4 N–H and O–H groups in total. The Balaban J connectivity index is 2.25. The molecule has 8 nitrogen and oxygen atoms in total. The Hall–Kier alpha value is -2.13. The largest absolute Gasteiger partial charge is 0.507 e. The van der Waals surface area contributed by atoms with Gasteiger partial charge in [0.05, 0.1) is 5.75 Å². The number of carboxylic acid groups (broad SMARTS) is 1. The summed E-state index contributed by atoms with van der Waals surface area (Å²) < 4.78 is 22.1. The summed E-state index contributed by atoms with van der Waals surface area (Å²) in [4.78, 5) is 24.2. The summed E-state index contributed by atoms with van der Waals surface area (Å²) in [6.07, 6.45) is 0.0275. The number of carboxylic acids is 1. The van der Waals surface area contributed by atoms with Gasteiger partial charge in [0.2, 0.25) is 15.9 Å². The van der Waals surface area contributed by atoms with Crippen LogP contribution in [0.1, 0.15) is 16.8 Å². The highest BCUT2D eigenvalue weighted by atomic mass is 32.2. The molecular weight excluding hydrogens is 300 g/mol. The molecule has 1 fully saturated rings. The summed E-state index contributed by atoms with van der Waals surface area (Å²) in [6.45, 7) is 0.138. The fourth-order valence-corrected chi connectivity index (χ4v) is 3.21. The molecule has 1 amide bonds. The van der Waals surface area contributed by atoms with Crippen LogP contribution in [-0.2, 0) is 14.8 Å². The van der Waals surface area contributed by atoms with Crippen LogP contribution in [0.4, 0.5) is 5.69 Å². The van der Waals surface area contributed by atoms with E-state index in [4.69, 9.17) is 10.2 Å². The predicted molar refractivity (Wildman–Crippen MR) is 73.5 cm³/mol. The number of rotatable bonds is 4. The molecule has 1 aliphatic rings. The Morgan fingerprint density at radius 1 is 1.43 bits per heavy atom. The molecule has 2 rings (SSSR count). The molecule has 0 aromatic heterocycles. The van der Waals surface area contributed by atoms with Crippen LogP contribution < -0.4 is 10.0 Å². The average molecular weight is 314 g/mol. The van der Waals surface area contributed by atoms with E-state index in [2.05, 4.69) is 0 Å². The lowest BCUT2D eigenvalue weighted by Gasteiger charge is -2.17. The first-order valence-corrected chi connectivity index (χ1v) is 7.76. The van der Waals surface area contributed by atoms with Gasteiger partial charge >= 0.3 is 5.97 Å². The van der Waals surface area contributed by atoms with Crippen molar-refractivity contribution in [3.8, 4) is 5.75 Å². The van der Waals surface area contributed by atoms with Gasteiger partial charge in [-0.3, -0.25) is 4.79 Å². The number of primary sulfonamides is 1. The van der Waals surface area contributed by atoms with Crippen LogP contribution in [-0.4, -0.2) is 42.8 Å². The SMILES string of the molecule is NS(=O)(=O)CC1CC(=O)N(c2ccc(O)c(C(=O)O)c2)C1. The van der Waals surface area contributed by atoms with Gasteiger partial charge in [-0.15, -0.1) is 0 Å². The molecule has 1 heterocycles. The molecule has 1 unspecified atom stereocenters. The lowest BCUT2D eigenvalue weighted by atomic mass is 10.1. The number of nitrogens with two attached hydrogens (primary N) is 1. The molecule has 1 aromatic rings. The number of sulfonamides is 1. The normalized spacial score (nSPS) is 19.0. The first-order chi connectivity index (χ1) is 9.67. The first kappa shape index (κ1) is 15.3. The van der Waals surface area contributed by atoms with E-state index in [1.54, 1.807) is 0 Å². The smallest absolute Gasteiger partial charge is 0.339 e. The number of nitrogens with zero attached hydrogens (tertiary/aromatic N) is 1. The average Bonchev–Trinajstić information content (AvgIpc) is 2.68. The van der Waals surface area contributed by atoms with Gasteiger partial charge in [0, 0.05) is 24.6 Å². The van der Waals surface area contributed by atoms with Gasteiger partial charge < -0.3 is 15.1 Å². The molecule has 114 valence electrons. The van der Waals surface area contributed by atoms with Crippen molar-refractivity contribution >= 4 is 27.6 Å². The number of aromatic carboxylic acids is 1. The van der Waals surface area contributed by atoms with Crippen LogP contribution in [0.15, 0.2) is 18.2 Å². The minimum absolute atomic E-state index is 0.0275. The molecule has 1 aromatic carbocycles. The summed E-state index contributed by atoms with van der Waals surface area (Å²) >= 11 is 0. The number of carbonyl (C=O) groups excluding carboxylic acids is 1. The number of hydrogen-bond donors (Lipinski definition) is 3. The van der Waals surface area contributed by atoms with Crippen LogP contribution in [0.5, 0.6) is 5.75 Å². The van der Waals surface area contributed by atoms with Crippen LogP contribution in [0.3, 0.4) is 0 Å². The monoisotopic (exact) mass is 314 g/mol. The molecule has 0 aliphatic carbocycles. The molecule has 0 bridgehead atoms. The summed E-state index contributed by atoms with van der Waals surface area (Å²) in [5.74, 6) is -2.78. The van der Waals surface area contributed by atoms with E-state index in [1.807, 2.05) is 0 Å². The van der Waals surface area contributed by atoms with Crippen LogP contribution in [0.25, 0.3) is 0 Å². The molecule has 0 radical (unpaired) electrons. The molecule has 0 spiro atoms. The highest BCUT2D eigenvalue weighted by Crippen LogP contribution is 2.29. The summed E-state index contributed by atoms with van der Waals surface area (Å²) in [5, 5.41) is 23.3. The van der Waals surface area contributed by atoms with E-state index in [9.17, 15) is 23.1 Å². The third-order valence-corrected chi connectivity index (χ3v) is 4.13. The number of phenols is 1. The minimum atomic E-state index is -3.68. The van der Waals surface area contributed by atoms with Crippen molar-refractivity contribution in [2.24, 2.45) is 11.1 Å². The van der Waals surface area contributed by atoms with Crippen LogP contribution in [0, 0.1) is 5.92 Å². The Morgan fingerprint density at radius 2 is 2.10 bits per heavy atom. The van der Waals surface area contributed by atoms with E-state index in [1.165, 1.54) is 23.1 Å². The standard InChI is InChI=1S/C12H14N2O6S/c13-21(19,20)6-7-3-11(16)14(5-7)8-1-2-10(15)9(4-8)12(17)18/h1-2,4,7,15H,3,5-6H2,(H,17,18)(H2,13,19,20). The topological polar surface area (TPSA) is 138 Å². The summed E-state index contributed by atoms with van der Waals surface area (Å²) in [5.41, 5.74) is -0.0256. The zero-order chi connectivity index (χ0) is 15.8. The van der Waals surface area contributed by atoms with E-state index < -0.39 is 27.7 Å². The quantitative estimate of drug-likeness (QED) is 0.699. The van der Waals surface area contributed by atoms with Gasteiger partial charge in [0.1, 0.15) is 11.3 Å². The van der Waals surface area contributed by atoms with Crippen molar-refractivity contribution in [3.05, 3.63) is 23.8 Å². The molecule has 1 saturated heterocycles. The maximum absolute atomic E-state index is 11.9. The highest BCUT2D eigenvalue weighted by molar-refractivity contribution is 7.89. The number of anilines is 1. The van der Waals surface area contributed by atoms with E-state index in [-0.39, 0.29) is 30.2 Å². The van der Waals surface area contributed by atoms with Gasteiger partial charge in [-0.05, 0) is 18.2 Å². The van der Waals surface area contributed by atoms with Crippen molar-refractivity contribution in [2.45, 2.75) is 6.42 Å². The summed E-state index contributed by atoms with van der Waals surface area (Å²) in [7, 11) is -3.68. The molecule has 1 aliphatic heterocycles. The lowest BCUT2D eigenvalue weighted by molar-refractivity contribution is -0.117. The van der Waals surface area contributed by atoms with E-state index in [0.29, 0.717) is 5.69 Å². The Labute approximate surface area is 120 Å². The van der Waals surface area contributed by atoms with Crippen molar-refractivity contribution in [1.82, 2.24) is 0 Å². The number of amides is 1. The van der Waals surface area contributed by atoms with Gasteiger partial charge in [-0.25, -0.2) is 18.4 Å². The minimum Gasteiger partial charge on any atom is -0.507 e. The third-order valence-electron chi connectivity index (χ3n) is 3.20. The first-order valence-electron chi connectivity index (χ1n) is 6.04. The third kappa shape index (κ3) is 3.50. The molecule has 9 heteroatoms. The van der Waals surface area contributed by atoms with Crippen LogP contribution >= 0.6 is 0 Å².